The van der Waals surface area contributed by atoms with E-state index in [1.54, 1.807) is 18.7 Å². The number of likely N-dealkylation sites (tertiary alicyclic amines) is 1. The summed E-state index contributed by atoms with van der Waals surface area (Å²) in [6, 6.07) is 15.5. The normalized spacial score (nSPS) is 29.7. The van der Waals surface area contributed by atoms with E-state index in [0.717, 1.165) is 18.8 Å². The number of hydrogen-bond acceptors (Lipinski definition) is 6. The molecule has 7 atom stereocenters. The Morgan fingerprint density at radius 3 is 2.31 bits per heavy atom. The van der Waals surface area contributed by atoms with Gasteiger partial charge in [-0.25, -0.2) is 0 Å². The summed E-state index contributed by atoms with van der Waals surface area (Å²) in [5.41, 5.74) is 2.39. The van der Waals surface area contributed by atoms with Gasteiger partial charge in [-0.2, -0.15) is 0 Å². The van der Waals surface area contributed by atoms with Crippen LogP contribution >= 0.6 is 27.7 Å². The molecule has 39 heavy (non-hydrogen) atoms. The van der Waals surface area contributed by atoms with Crippen LogP contribution in [0.1, 0.15) is 27.2 Å². The van der Waals surface area contributed by atoms with E-state index in [9.17, 15) is 19.5 Å². The van der Waals surface area contributed by atoms with Crippen molar-refractivity contribution in [1.29, 1.82) is 0 Å². The number of hydrogen-bond donors (Lipinski definition) is 3. The fourth-order valence-corrected chi connectivity index (χ4v) is 10.1. The summed E-state index contributed by atoms with van der Waals surface area (Å²) < 4.78 is -0.775. The van der Waals surface area contributed by atoms with E-state index < -0.39 is 28.7 Å². The Hall–Kier alpha value is -2.56. The Balaban J connectivity index is 1.45. The third-order valence-corrected chi connectivity index (χ3v) is 11.5. The lowest BCUT2D eigenvalue weighted by atomic mass is 9.70. The van der Waals surface area contributed by atoms with Gasteiger partial charge in [0.05, 0.1) is 29.2 Å². The first kappa shape index (κ1) is 28.0. The summed E-state index contributed by atoms with van der Waals surface area (Å²) in [6.45, 7) is 7.44. The van der Waals surface area contributed by atoms with Crippen molar-refractivity contribution < 1.29 is 19.5 Å². The molecule has 3 saturated heterocycles. The predicted octanol–water partition coefficient (Wildman–Crippen LogP) is 3.96. The molecule has 2 aromatic carbocycles. The lowest BCUT2D eigenvalue weighted by Crippen LogP contribution is -2.54. The van der Waals surface area contributed by atoms with Gasteiger partial charge in [-0.1, -0.05) is 34.1 Å². The molecule has 0 aliphatic carbocycles. The van der Waals surface area contributed by atoms with E-state index >= 15 is 0 Å². The minimum absolute atomic E-state index is 0.0221. The molecule has 10 heteroatoms. The highest BCUT2D eigenvalue weighted by Gasteiger charge is 2.76. The second-order valence-electron chi connectivity index (χ2n) is 10.5. The number of carbonyl (C=O) groups excluding carboxylic acids is 3. The first-order valence-corrected chi connectivity index (χ1v) is 15.3. The van der Waals surface area contributed by atoms with E-state index in [1.165, 1.54) is 4.90 Å². The first-order chi connectivity index (χ1) is 18.7. The summed E-state index contributed by atoms with van der Waals surface area (Å²) in [4.78, 5) is 45.4. The van der Waals surface area contributed by atoms with Gasteiger partial charge in [0.2, 0.25) is 17.7 Å². The Kier molecular flexibility index (Phi) is 7.99. The van der Waals surface area contributed by atoms with Crippen LogP contribution in [0.15, 0.2) is 54.6 Å². The van der Waals surface area contributed by atoms with Gasteiger partial charge in [0.15, 0.2) is 0 Å². The summed E-state index contributed by atoms with van der Waals surface area (Å²) >= 11 is 5.36. The predicted molar refractivity (Wildman–Crippen MR) is 159 cm³/mol. The monoisotopic (exact) mass is 614 g/mol. The van der Waals surface area contributed by atoms with Crippen LogP contribution in [0.5, 0.6) is 0 Å². The van der Waals surface area contributed by atoms with Crippen LogP contribution < -0.4 is 15.5 Å². The molecule has 3 unspecified atom stereocenters. The quantitative estimate of drug-likeness (QED) is 0.370. The van der Waals surface area contributed by atoms with Crippen molar-refractivity contribution >= 4 is 62.5 Å². The Morgan fingerprint density at radius 2 is 1.69 bits per heavy atom. The molecule has 1 spiro atoms. The highest BCUT2D eigenvalue weighted by atomic mass is 79.9. The van der Waals surface area contributed by atoms with E-state index in [0.29, 0.717) is 17.8 Å². The molecule has 3 fully saturated rings. The summed E-state index contributed by atoms with van der Waals surface area (Å²) in [5, 5.41) is 15.9. The van der Waals surface area contributed by atoms with Crippen molar-refractivity contribution in [2.45, 2.75) is 54.1 Å². The molecule has 8 nitrogen and oxygen atoms in total. The summed E-state index contributed by atoms with van der Waals surface area (Å²) in [7, 11) is 0. The van der Waals surface area contributed by atoms with Crippen LogP contribution in [0.3, 0.4) is 0 Å². The second kappa shape index (κ2) is 11.1. The number of halogens is 1. The van der Waals surface area contributed by atoms with Crippen LogP contribution in [-0.4, -0.2) is 74.3 Å². The number of aliphatic hydroxyl groups is 1. The van der Waals surface area contributed by atoms with Gasteiger partial charge in [-0.05, 0) is 63.6 Å². The van der Waals surface area contributed by atoms with Crippen molar-refractivity contribution in [2.75, 3.05) is 35.2 Å². The maximum Gasteiger partial charge on any atom is 0.248 e. The van der Waals surface area contributed by atoms with Gasteiger partial charge >= 0.3 is 0 Å². The molecule has 2 aromatic rings. The lowest BCUT2D eigenvalue weighted by Gasteiger charge is -2.36. The number of alkyl halides is 1. The topological polar surface area (TPSA) is 102 Å². The van der Waals surface area contributed by atoms with Crippen molar-refractivity contribution in [3.8, 4) is 0 Å². The average molecular weight is 616 g/mol. The van der Waals surface area contributed by atoms with Crippen LogP contribution in [0, 0.1) is 11.8 Å². The molecular weight excluding hydrogens is 580 g/mol. The molecule has 2 bridgehead atoms. The number of fused-ring (bicyclic) bond motifs is 1. The third-order valence-electron chi connectivity index (χ3n) is 8.32. The molecule has 3 N–H and O–H groups in total. The number of rotatable bonds is 9. The number of anilines is 3. The van der Waals surface area contributed by atoms with Gasteiger partial charge < -0.3 is 25.5 Å². The lowest BCUT2D eigenvalue weighted by molar-refractivity contribution is -0.140. The van der Waals surface area contributed by atoms with E-state index in [2.05, 4.69) is 45.3 Å². The molecule has 5 rings (SSSR count). The Morgan fingerprint density at radius 1 is 1.08 bits per heavy atom. The van der Waals surface area contributed by atoms with Gasteiger partial charge in [0.1, 0.15) is 6.04 Å². The molecule has 0 saturated carbocycles. The SMILES string of the molecule is CCN(CC)c1ccc(NC(=O)C2N([C@H](C)CO)C(=O)[C@@H]3[C@H](C(=O)Nc4ccccc4)[C@H]4SC23CC4Br)cc1. The molecule has 208 valence electrons. The Labute approximate surface area is 242 Å². The first-order valence-electron chi connectivity index (χ1n) is 13.5. The molecular formula is C29H35BrN4O4S. The fraction of sp³-hybridized carbons (Fsp3) is 0.483. The zero-order valence-corrected chi connectivity index (χ0v) is 24.7. The van der Waals surface area contributed by atoms with Gasteiger partial charge in [0, 0.05) is 40.2 Å². The van der Waals surface area contributed by atoms with E-state index in [-0.39, 0.29) is 34.4 Å². The highest BCUT2D eigenvalue weighted by Crippen LogP contribution is 2.68. The maximum atomic E-state index is 14.0. The maximum absolute atomic E-state index is 14.0. The average Bonchev–Trinajstić information content (AvgIpc) is 3.53. The van der Waals surface area contributed by atoms with Crippen molar-refractivity contribution in [3.63, 3.8) is 0 Å². The smallest absolute Gasteiger partial charge is 0.248 e. The number of nitrogens with one attached hydrogen (secondary N) is 2. The molecule has 0 radical (unpaired) electrons. The fourth-order valence-electron chi connectivity index (χ4n) is 6.53. The zero-order chi connectivity index (χ0) is 27.9. The number of aliphatic hydroxyl groups excluding tert-OH is 1. The molecule has 3 aliphatic rings. The van der Waals surface area contributed by atoms with Gasteiger partial charge in [0.25, 0.3) is 0 Å². The molecule has 0 aromatic heterocycles. The van der Waals surface area contributed by atoms with Crippen LogP contribution in [0.25, 0.3) is 0 Å². The van der Waals surface area contributed by atoms with Crippen LogP contribution in [-0.2, 0) is 14.4 Å². The van der Waals surface area contributed by atoms with Crippen molar-refractivity contribution in [3.05, 3.63) is 54.6 Å². The van der Waals surface area contributed by atoms with Gasteiger partial charge in [-0.3, -0.25) is 14.4 Å². The minimum atomic E-state index is -0.816. The highest BCUT2D eigenvalue weighted by molar-refractivity contribution is 9.09. The minimum Gasteiger partial charge on any atom is -0.394 e. The summed E-state index contributed by atoms with van der Waals surface area (Å²) in [5.74, 6) is -2.00. The van der Waals surface area contributed by atoms with Crippen molar-refractivity contribution in [2.24, 2.45) is 11.8 Å². The second-order valence-corrected chi connectivity index (χ2v) is 13.2. The van der Waals surface area contributed by atoms with Gasteiger partial charge in [-0.15, -0.1) is 11.8 Å². The Bertz CT molecular complexity index is 1230. The number of para-hydroxylation sites is 1. The number of thioether (sulfide) groups is 1. The standard InChI is InChI=1S/C29H35BrN4O4S/c1-4-33(5-2)20-13-11-19(12-14-20)32-27(37)25-29-15-21(30)24(39-29)22(23(29)28(38)34(25)17(3)16-35)26(36)31-18-9-7-6-8-10-18/h6-14,17,21-25,35H,4-5,15-16H2,1-3H3,(H,31,36)(H,32,37)/t17-,21?,22+,23+,24+,25?,29?/m1/s1. The molecule has 3 amide bonds. The number of benzene rings is 2. The van der Waals surface area contributed by atoms with E-state index in [1.807, 2.05) is 54.6 Å². The van der Waals surface area contributed by atoms with Crippen molar-refractivity contribution in [1.82, 2.24) is 4.90 Å². The number of carbonyl (C=O) groups is 3. The number of nitrogens with zero attached hydrogens (tertiary/aromatic N) is 2. The van der Waals surface area contributed by atoms with E-state index in [4.69, 9.17) is 0 Å². The van der Waals surface area contributed by atoms with Crippen LogP contribution in [0.4, 0.5) is 17.1 Å². The largest absolute Gasteiger partial charge is 0.394 e. The zero-order valence-electron chi connectivity index (χ0n) is 22.3. The van der Waals surface area contributed by atoms with Crippen LogP contribution in [0.2, 0.25) is 0 Å². The molecule has 3 aliphatic heterocycles. The number of amides is 3. The third kappa shape index (κ3) is 4.74. The summed E-state index contributed by atoms with van der Waals surface area (Å²) in [6.07, 6.45) is 0.585. The molecule has 3 heterocycles.